The number of carbonyl (C=O) groups is 2. The third-order valence-electron chi connectivity index (χ3n) is 4.62. The summed E-state index contributed by atoms with van der Waals surface area (Å²) in [7, 11) is 0. The molecule has 1 aromatic heterocycles. The SMILES string of the molecule is Cc1cnc(CNC(=O)C2=NO[C@@]3(CCN(C(=O)CC(C)C)C3)C2)cn1. The van der Waals surface area contributed by atoms with Gasteiger partial charge in [0.2, 0.25) is 5.91 Å². The van der Waals surface area contributed by atoms with Crippen LogP contribution in [0.3, 0.4) is 0 Å². The van der Waals surface area contributed by atoms with Gasteiger partial charge in [0.25, 0.3) is 5.91 Å². The van der Waals surface area contributed by atoms with Crippen LogP contribution >= 0.6 is 0 Å². The molecule has 8 heteroatoms. The fourth-order valence-electron chi connectivity index (χ4n) is 3.18. The molecule has 2 aliphatic heterocycles. The van der Waals surface area contributed by atoms with E-state index in [0.717, 1.165) is 5.69 Å². The lowest BCUT2D eigenvalue weighted by atomic mass is 9.96. The van der Waals surface area contributed by atoms with Crippen LogP contribution in [0.5, 0.6) is 0 Å². The van der Waals surface area contributed by atoms with E-state index in [1.165, 1.54) is 0 Å². The molecule has 0 aromatic carbocycles. The van der Waals surface area contributed by atoms with E-state index in [9.17, 15) is 9.59 Å². The molecule has 2 amide bonds. The van der Waals surface area contributed by atoms with Crippen molar-refractivity contribution >= 4 is 17.5 Å². The summed E-state index contributed by atoms with van der Waals surface area (Å²) in [5.74, 6) is 0.193. The molecule has 1 atom stereocenters. The number of oxime groups is 1. The fraction of sp³-hybridized carbons (Fsp3) is 0.611. The van der Waals surface area contributed by atoms with Gasteiger partial charge in [-0.15, -0.1) is 0 Å². The summed E-state index contributed by atoms with van der Waals surface area (Å²) in [4.78, 5) is 40.3. The average molecular weight is 359 g/mol. The molecule has 3 rings (SSSR count). The van der Waals surface area contributed by atoms with Gasteiger partial charge in [0.15, 0.2) is 5.60 Å². The van der Waals surface area contributed by atoms with Crippen LogP contribution < -0.4 is 5.32 Å². The molecule has 0 radical (unpaired) electrons. The lowest BCUT2D eigenvalue weighted by Gasteiger charge is -2.22. The molecule has 0 unspecified atom stereocenters. The van der Waals surface area contributed by atoms with Crippen molar-refractivity contribution < 1.29 is 14.4 Å². The molecule has 1 N–H and O–H groups in total. The van der Waals surface area contributed by atoms with Gasteiger partial charge in [-0.1, -0.05) is 19.0 Å². The number of carbonyl (C=O) groups excluding carboxylic acids is 2. The van der Waals surface area contributed by atoms with Crippen molar-refractivity contribution in [2.24, 2.45) is 11.1 Å². The summed E-state index contributed by atoms with van der Waals surface area (Å²) in [6.45, 7) is 7.34. The monoisotopic (exact) mass is 359 g/mol. The Bertz CT molecular complexity index is 716. The standard InChI is InChI=1S/C18H25N5O3/c1-12(2)6-16(24)23-5-4-18(11-23)7-15(22-26-18)17(25)21-10-14-9-19-13(3)8-20-14/h8-9,12H,4-7,10-11H2,1-3H3,(H,21,25)/t18-/m0/s1. The Hall–Kier alpha value is -2.51. The second-order valence-corrected chi connectivity index (χ2v) is 7.48. The van der Waals surface area contributed by atoms with Gasteiger partial charge in [0.05, 0.1) is 30.7 Å². The maximum atomic E-state index is 12.3. The number of aromatic nitrogens is 2. The molecule has 140 valence electrons. The van der Waals surface area contributed by atoms with E-state index < -0.39 is 5.60 Å². The topological polar surface area (TPSA) is 96.8 Å². The van der Waals surface area contributed by atoms with E-state index in [-0.39, 0.29) is 18.4 Å². The van der Waals surface area contributed by atoms with Gasteiger partial charge in [-0.25, -0.2) is 0 Å². The summed E-state index contributed by atoms with van der Waals surface area (Å²) in [6.07, 6.45) is 4.94. The number of hydrogen-bond donors (Lipinski definition) is 1. The quantitative estimate of drug-likeness (QED) is 0.852. The Morgan fingerprint density at radius 3 is 2.85 bits per heavy atom. The molecule has 0 saturated carbocycles. The number of amides is 2. The van der Waals surface area contributed by atoms with Crippen molar-refractivity contribution in [2.45, 2.75) is 52.2 Å². The van der Waals surface area contributed by atoms with Gasteiger partial charge in [0.1, 0.15) is 5.71 Å². The van der Waals surface area contributed by atoms with Gasteiger partial charge < -0.3 is 15.1 Å². The molecule has 2 aliphatic rings. The van der Waals surface area contributed by atoms with Crippen molar-refractivity contribution in [3.8, 4) is 0 Å². The fourth-order valence-corrected chi connectivity index (χ4v) is 3.18. The molecule has 26 heavy (non-hydrogen) atoms. The van der Waals surface area contributed by atoms with Crippen molar-refractivity contribution in [1.82, 2.24) is 20.2 Å². The van der Waals surface area contributed by atoms with E-state index in [1.807, 2.05) is 25.7 Å². The highest BCUT2D eigenvalue weighted by Gasteiger charge is 2.47. The van der Waals surface area contributed by atoms with Gasteiger partial charge in [-0.2, -0.15) is 0 Å². The van der Waals surface area contributed by atoms with Gasteiger partial charge >= 0.3 is 0 Å². The Labute approximate surface area is 153 Å². The predicted molar refractivity (Wildman–Crippen MR) is 95.1 cm³/mol. The predicted octanol–water partition coefficient (Wildman–Crippen LogP) is 1.19. The molecule has 0 aliphatic carbocycles. The van der Waals surface area contributed by atoms with Gasteiger partial charge in [-0.05, 0) is 12.8 Å². The zero-order chi connectivity index (χ0) is 18.7. The third kappa shape index (κ3) is 4.17. The minimum Gasteiger partial charge on any atom is -0.386 e. The van der Waals surface area contributed by atoms with Crippen LogP contribution in [0.2, 0.25) is 0 Å². The smallest absolute Gasteiger partial charge is 0.269 e. The van der Waals surface area contributed by atoms with E-state index in [4.69, 9.17) is 4.84 Å². The molecule has 3 heterocycles. The van der Waals surface area contributed by atoms with E-state index in [2.05, 4.69) is 20.4 Å². The molecular weight excluding hydrogens is 334 g/mol. The van der Waals surface area contributed by atoms with Crippen LogP contribution in [0, 0.1) is 12.8 Å². The molecule has 1 spiro atoms. The second-order valence-electron chi connectivity index (χ2n) is 7.48. The maximum absolute atomic E-state index is 12.3. The molecule has 1 fully saturated rings. The normalized spacial score (nSPS) is 21.8. The minimum atomic E-state index is -0.553. The Kier molecular flexibility index (Phi) is 5.20. The number of likely N-dealkylation sites (tertiary alicyclic amines) is 1. The van der Waals surface area contributed by atoms with Crippen molar-refractivity contribution in [1.29, 1.82) is 0 Å². The highest BCUT2D eigenvalue weighted by Crippen LogP contribution is 2.34. The first kappa shape index (κ1) is 18.3. The third-order valence-corrected chi connectivity index (χ3v) is 4.62. The average Bonchev–Trinajstić information content (AvgIpc) is 3.21. The summed E-state index contributed by atoms with van der Waals surface area (Å²) >= 11 is 0. The highest BCUT2D eigenvalue weighted by molar-refractivity contribution is 6.39. The number of nitrogens with one attached hydrogen (secondary N) is 1. The zero-order valence-corrected chi connectivity index (χ0v) is 15.5. The van der Waals surface area contributed by atoms with Crippen molar-refractivity contribution in [3.05, 3.63) is 23.8 Å². The first-order chi connectivity index (χ1) is 12.4. The lowest BCUT2D eigenvalue weighted by molar-refractivity contribution is -0.132. The van der Waals surface area contributed by atoms with E-state index in [0.29, 0.717) is 49.7 Å². The molecular formula is C18H25N5O3. The van der Waals surface area contributed by atoms with Crippen LogP contribution in [0.15, 0.2) is 17.5 Å². The highest BCUT2D eigenvalue weighted by atomic mass is 16.7. The van der Waals surface area contributed by atoms with Crippen LogP contribution in [0.1, 0.15) is 44.5 Å². The van der Waals surface area contributed by atoms with Crippen molar-refractivity contribution in [2.75, 3.05) is 13.1 Å². The van der Waals surface area contributed by atoms with E-state index >= 15 is 0 Å². The van der Waals surface area contributed by atoms with E-state index in [1.54, 1.807) is 12.4 Å². The van der Waals surface area contributed by atoms with Crippen LogP contribution in [0.4, 0.5) is 0 Å². The maximum Gasteiger partial charge on any atom is 0.269 e. The largest absolute Gasteiger partial charge is 0.386 e. The van der Waals surface area contributed by atoms with Crippen LogP contribution in [0.25, 0.3) is 0 Å². The lowest BCUT2D eigenvalue weighted by Crippen LogP contribution is -2.38. The number of hydrogen-bond acceptors (Lipinski definition) is 6. The number of aryl methyl sites for hydroxylation is 1. The zero-order valence-electron chi connectivity index (χ0n) is 15.5. The van der Waals surface area contributed by atoms with Crippen molar-refractivity contribution in [3.63, 3.8) is 0 Å². The number of nitrogens with zero attached hydrogens (tertiary/aromatic N) is 4. The molecule has 0 bridgehead atoms. The second kappa shape index (κ2) is 7.39. The molecule has 8 nitrogen and oxygen atoms in total. The van der Waals surface area contributed by atoms with Gasteiger partial charge in [-0.3, -0.25) is 19.6 Å². The van der Waals surface area contributed by atoms with Gasteiger partial charge in [0, 0.05) is 32.0 Å². The summed E-state index contributed by atoms with van der Waals surface area (Å²) < 4.78 is 0. The first-order valence-electron chi connectivity index (χ1n) is 8.95. The number of rotatable bonds is 5. The summed E-state index contributed by atoms with van der Waals surface area (Å²) in [5, 5.41) is 6.78. The Balaban J connectivity index is 1.50. The summed E-state index contributed by atoms with van der Waals surface area (Å²) in [5.41, 5.74) is 1.32. The molecule has 1 aromatic rings. The Morgan fingerprint density at radius 1 is 1.35 bits per heavy atom. The minimum absolute atomic E-state index is 0.135. The van der Waals surface area contributed by atoms with Crippen LogP contribution in [-0.4, -0.2) is 51.1 Å². The molecule has 1 saturated heterocycles. The Morgan fingerprint density at radius 2 is 2.15 bits per heavy atom. The first-order valence-corrected chi connectivity index (χ1v) is 8.95. The summed E-state index contributed by atoms with van der Waals surface area (Å²) in [6, 6.07) is 0. The van der Waals surface area contributed by atoms with Crippen LogP contribution in [-0.2, 0) is 21.0 Å².